The zero-order valence-electron chi connectivity index (χ0n) is 11.0. The molecule has 3 aromatic heterocycles. The third-order valence-corrected chi connectivity index (χ3v) is 2.91. The van der Waals surface area contributed by atoms with Gasteiger partial charge in [0, 0.05) is 24.3 Å². The minimum absolute atomic E-state index is 0.0882. The Morgan fingerprint density at radius 3 is 2.95 bits per heavy atom. The van der Waals surface area contributed by atoms with Crippen molar-refractivity contribution in [2.75, 3.05) is 0 Å². The second-order valence-corrected chi connectivity index (χ2v) is 4.40. The summed E-state index contributed by atoms with van der Waals surface area (Å²) in [6, 6.07) is 1.55. The van der Waals surface area contributed by atoms with Gasteiger partial charge in [-0.05, 0) is 19.9 Å². The molecule has 3 heterocycles. The van der Waals surface area contributed by atoms with Gasteiger partial charge in [-0.2, -0.15) is 4.98 Å². The summed E-state index contributed by atoms with van der Waals surface area (Å²) in [6.45, 7) is 3.70. The number of H-pyrrole nitrogens is 1. The maximum Gasteiger partial charge on any atom is 0.291 e. The Labute approximate surface area is 114 Å². The molecule has 1 amide bonds. The Kier molecular flexibility index (Phi) is 2.90. The van der Waals surface area contributed by atoms with E-state index in [1.165, 1.54) is 4.52 Å². The number of nitrogens with one attached hydrogen (secondary N) is 2. The summed E-state index contributed by atoms with van der Waals surface area (Å²) in [7, 11) is 0. The number of carbonyl (C=O) groups is 1. The van der Waals surface area contributed by atoms with E-state index in [0.29, 0.717) is 11.6 Å². The molecule has 0 fully saturated rings. The fourth-order valence-corrected chi connectivity index (χ4v) is 1.85. The number of carbonyl (C=O) groups excluding carboxylic acids is 1. The summed E-state index contributed by atoms with van der Waals surface area (Å²) in [4.78, 5) is 27.3. The van der Waals surface area contributed by atoms with Crippen molar-refractivity contribution in [1.29, 1.82) is 0 Å². The van der Waals surface area contributed by atoms with E-state index in [0.717, 1.165) is 5.69 Å². The molecule has 1 unspecified atom stereocenters. The van der Waals surface area contributed by atoms with Crippen LogP contribution in [0.25, 0.3) is 5.78 Å². The quantitative estimate of drug-likeness (QED) is 0.728. The van der Waals surface area contributed by atoms with Crippen LogP contribution < -0.4 is 5.32 Å². The second-order valence-electron chi connectivity index (χ2n) is 4.40. The molecule has 1 atom stereocenters. The van der Waals surface area contributed by atoms with Crippen molar-refractivity contribution in [2.24, 2.45) is 0 Å². The van der Waals surface area contributed by atoms with Gasteiger partial charge in [-0.1, -0.05) is 0 Å². The molecule has 0 aromatic carbocycles. The number of aryl methyl sites for hydroxylation is 1. The number of imidazole rings is 1. The number of nitrogens with zero attached hydrogens (tertiary/aromatic N) is 5. The Hall–Kier alpha value is -2.77. The lowest BCUT2D eigenvalue weighted by Crippen LogP contribution is -2.28. The molecule has 8 nitrogen and oxygen atoms in total. The summed E-state index contributed by atoms with van der Waals surface area (Å²) in [5, 5.41) is 6.93. The van der Waals surface area contributed by atoms with Crippen LogP contribution >= 0.6 is 0 Å². The molecule has 2 N–H and O–H groups in total. The SMILES string of the molecule is Cc1ccnc2nc(C(=O)NC(C)c3ncc[nH]3)nn12. The Morgan fingerprint density at radius 2 is 2.25 bits per heavy atom. The van der Waals surface area contributed by atoms with Gasteiger partial charge in [-0.25, -0.2) is 14.5 Å². The van der Waals surface area contributed by atoms with Gasteiger partial charge in [0.15, 0.2) is 0 Å². The normalized spacial score (nSPS) is 12.5. The van der Waals surface area contributed by atoms with E-state index in [4.69, 9.17) is 0 Å². The van der Waals surface area contributed by atoms with Crippen LogP contribution in [-0.2, 0) is 0 Å². The summed E-state index contributed by atoms with van der Waals surface area (Å²) >= 11 is 0. The molecule has 0 aliphatic heterocycles. The van der Waals surface area contributed by atoms with E-state index in [2.05, 4.69) is 30.4 Å². The minimum atomic E-state index is -0.362. The van der Waals surface area contributed by atoms with Crippen molar-refractivity contribution in [3.8, 4) is 0 Å². The number of fused-ring (bicyclic) bond motifs is 1. The zero-order chi connectivity index (χ0) is 14.1. The number of hydrogen-bond acceptors (Lipinski definition) is 5. The molecule has 0 saturated carbocycles. The Morgan fingerprint density at radius 1 is 1.40 bits per heavy atom. The first-order chi connectivity index (χ1) is 9.65. The summed E-state index contributed by atoms with van der Waals surface area (Å²) in [6.07, 6.45) is 4.97. The number of amides is 1. The summed E-state index contributed by atoms with van der Waals surface area (Å²) < 4.78 is 1.53. The molecule has 0 radical (unpaired) electrons. The molecule has 3 aromatic rings. The largest absolute Gasteiger partial charge is 0.347 e. The molecule has 0 saturated heterocycles. The predicted molar refractivity (Wildman–Crippen MR) is 70.0 cm³/mol. The first kappa shape index (κ1) is 12.3. The third kappa shape index (κ3) is 2.11. The van der Waals surface area contributed by atoms with Crippen molar-refractivity contribution in [3.05, 3.63) is 42.0 Å². The van der Waals surface area contributed by atoms with E-state index in [1.807, 2.05) is 13.8 Å². The molecule has 0 aliphatic carbocycles. The lowest BCUT2D eigenvalue weighted by atomic mass is 10.3. The minimum Gasteiger partial charge on any atom is -0.347 e. The predicted octanol–water partition coefficient (Wildman–Crippen LogP) is 0.647. The number of hydrogen-bond donors (Lipinski definition) is 2. The fraction of sp³-hybridized carbons (Fsp3) is 0.250. The van der Waals surface area contributed by atoms with Gasteiger partial charge >= 0.3 is 0 Å². The van der Waals surface area contributed by atoms with Gasteiger partial charge in [0.25, 0.3) is 11.7 Å². The van der Waals surface area contributed by atoms with E-state index in [1.54, 1.807) is 24.7 Å². The molecule has 3 rings (SSSR count). The monoisotopic (exact) mass is 271 g/mol. The van der Waals surface area contributed by atoms with E-state index in [9.17, 15) is 4.79 Å². The van der Waals surface area contributed by atoms with Crippen LogP contribution in [0.5, 0.6) is 0 Å². The smallest absolute Gasteiger partial charge is 0.291 e. The van der Waals surface area contributed by atoms with Crippen LogP contribution in [0.1, 0.15) is 35.1 Å². The topological polar surface area (TPSA) is 101 Å². The molecule has 0 spiro atoms. The van der Waals surface area contributed by atoms with Crippen LogP contribution in [0.3, 0.4) is 0 Å². The Balaban J connectivity index is 1.84. The average molecular weight is 271 g/mol. The van der Waals surface area contributed by atoms with Crippen molar-refractivity contribution >= 4 is 11.7 Å². The van der Waals surface area contributed by atoms with Gasteiger partial charge < -0.3 is 10.3 Å². The van der Waals surface area contributed by atoms with Gasteiger partial charge in [0.2, 0.25) is 5.82 Å². The van der Waals surface area contributed by atoms with Crippen molar-refractivity contribution in [1.82, 2.24) is 34.9 Å². The van der Waals surface area contributed by atoms with Crippen molar-refractivity contribution in [2.45, 2.75) is 19.9 Å². The van der Waals surface area contributed by atoms with Crippen molar-refractivity contribution < 1.29 is 4.79 Å². The maximum atomic E-state index is 12.1. The van der Waals surface area contributed by atoms with Crippen LogP contribution in [0.15, 0.2) is 24.7 Å². The molecule has 0 aliphatic rings. The van der Waals surface area contributed by atoms with Gasteiger partial charge in [-0.15, -0.1) is 5.10 Å². The van der Waals surface area contributed by atoms with Gasteiger partial charge in [0.05, 0.1) is 6.04 Å². The van der Waals surface area contributed by atoms with Gasteiger partial charge in [-0.3, -0.25) is 4.79 Å². The maximum absolute atomic E-state index is 12.1. The number of aromatic amines is 1. The fourth-order valence-electron chi connectivity index (χ4n) is 1.85. The van der Waals surface area contributed by atoms with Crippen LogP contribution in [0.2, 0.25) is 0 Å². The number of aromatic nitrogens is 6. The second kappa shape index (κ2) is 4.72. The molecular weight excluding hydrogens is 258 g/mol. The lowest BCUT2D eigenvalue weighted by Gasteiger charge is -2.09. The van der Waals surface area contributed by atoms with Crippen LogP contribution in [0, 0.1) is 6.92 Å². The van der Waals surface area contributed by atoms with Gasteiger partial charge in [0.1, 0.15) is 5.82 Å². The van der Waals surface area contributed by atoms with Crippen molar-refractivity contribution in [3.63, 3.8) is 0 Å². The highest BCUT2D eigenvalue weighted by Gasteiger charge is 2.18. The molecule has 8 heteroatoms. The first-order valence-corrected chi connectivity index (χ1v) is 6.13. The van der Waals surface area contributed by atoms with Crippen LogP contribution in [0.4, 0.5) is 0 Å². The van der Waals surface area contributed by atoms with E-state index >= 15 is 0 Å². The third-order valence-electron chi connectivity index (χ3n) is 2.91. The summed E-state index contributed by atoms with van der Waals surface area (Å²) in [5.74, 6) is 0.807. The zero-order valence-corrected chi connectivity index (χ0v) is 11.0. The molecule has 102 valence electrons. The highest BCUT2D eigenvalue weighted by Crippen LogP contribution is 2.07. The highest BCUT2D eigenvalue weighted by molar-refractivity contribution is 5.91. The molecule has 20 heavy (non-hydrogen) atoms. The van der Waals surface area contributed by atoms with E-state index < -0.39 is 0 Å². The Bertz CT molecular complexity index is 746. The highest BCUT2D eigenvalue weighted by atomic mass is 16.2. The average Bonchev–Trinajstić information content (AvgIpc) is 3.08. The standard InChI is InChI=1S/C12H13N7O/c1-7-3-4-15-12-17-10(18-19(7)12)11(20)16-8(2)9-13-5-6-14-9/h3-6,8H,1-2H3,(H,13,14)(H,16,20). The van der Waals surface area contributed by atoms with E-state index in [-0.39, 0.29) is 17.8 Å². The molecular formula is C12H13N7O. The summed E-state index contributed by atoms with van der Waals surface area (Å²) in [5.41, 5.74) is 0.862. The van der Waals surface area contributed by atoms with Crippen LogP contribution in [-0.4, -0.2) is 35.5 Å². The number of rotatable bonds is 3. The lowest BCUT2D eigenvalue weighted by molar-refractivity contribution is 0.0928. The molecule has 0 bridgehead atoms. The first-order valence-electron chi connectivity index (χ1n) is 6.13.